The number of aryl methyl sites for hydroxylation is 2. The van der Waals surface area contributed by atoms with Gasteiger partial charge in [0.2, 0.25) is 0 Å². The van der Waals surface area contributed by atoms with Crippen molar-refractivity contribution in [1.82, 2.24) is 14.5 Å². The minimum Gasteiger partial charge on any atom is -0.269 e. The quantitative estimate of drug-likeness (QED) is 0.529. The zero-order valence-electron chi connectivity index (χ0n) is 16.0. The lowest BCUT2D eigenvalue weighted by Gasteiger charge is -2.13. The van der Waals surface area contributed by atoms with Gasteiger partial charge in [0.05, 0.1) is 11.4 Å². The van der Waals surface area contributed by atoms with E-state index in [1.54, 1.807) is 41.4 Å². The Kier molecular flexibility index (Phi) is 4.62. The van der Waals surface area contributed by atoms with E-state index < -0.39 is 0 Å². The molecular formula is C22H19N5O3. The van der Waals surface area contributed by atoms with E-state index in [0.717, 1.165) is 23.8 Å². The maximum absolute atomic E-state index is 13.4. The number of pyridine rings is 3. The summed E-state index contributed by atoms with van der Waals surface area (Å²) in [5.41, 5.74) is 6.61. The third-order valence-corrected chi connectivity index (χ3v) is 5.18. The number of aromatic nitrogens is 3. The minimum absolute atomic E-state index is 0.118. The van der Waals surface area contributed by atoms with Gasteiger partial charge in [0.25, 0.3) is 5.56 Å². The number of anilines is 2. The fourth-order valence-electron chi connectivity index (χ4n) is 3.69. The van der Waals surface area contributed by atoms with E-state index in [9.17, 15) is 10.0 Å². The fourth-order valence-corrected chi connectivity index (χ4v) is 3.69. The highest BCUT2D eigenvalue weighted by atomic mass is 17.0. The Bertz CT molecular complexity index is 1270. The maximum Gasteiger partial charge on any atom is 0.259 e. The Labute approximate surface area is 171 Å². The summed E-state index contributed by atoms with van der Waals surface area (Å²) in [7, 11) is 0. The van der Waals surface area contributed by atoms with Crippen LogP contribution in [0.2, 0.25) is 0 Å². The van der Waals surface area contributed by atoms with Crippen LogP contribution >= 0.6 is 0 Å². The van der Waals surface area contributed by atoms with Gasteiger partial charge in [-0.1, -0.05) is 0 Å². The van der Waals surface area contributed by atoms with Crippen LogP contribution in [0.3, 0.4) is 0 Å². The molecule has 0 saturated heterocycles. The predicted octanol–water partition coefficient (Wildman–Crippen LogP) is 3.42. The van der Waals surface area contributed by atoms with E-state index >= 15 is 0 Å². The second kappa shape index (κ2) is 7.58. The molecule has 0 aliphatic carbocycles. The van der Waals surface area contributed by atoms with Crippen molar-refractivity contribution in [2.24, 2.45) is 0 Å². The summed E-state index contributed by atoms with van der Waals surface area (Å²) in [5, 5.41) is 11.4. The lowest BCUT2D eigenvalue weighted by molar-refractivity contribution is 0.000613. The Morgan fingerprint density at radius 1 is 1.03 bits per heavy atom. The Hall–Kier alpha value is -3.75. The summed E-state index contributed by atoms with van der Waals surface area (Å²) < 4.78 is 1.59. The molecule has 0 amide bonds. The smallest absolute Gasteiger partial charge is 0.259 e. The van der Waals surface area contributed by atoms with E-state index in [1.165, 1.54) is 5.56 Å². The van der Waals surface area contributed by atoms with Crippen molar-refractivity contribution in [3.05, 3.63) is 88.6 Å². The van der Waals surface area contributed by atoms with Gasteiger partial charge in [0.1, 0.15) is 11.3 Å². The summed E-state index contributed by atoms with van der Waals surface area (Å²) in [5.74, 6) is 0. The summed E-state index contributed by atoms with van der Waals surface area (Å²) in [6.07, 6.45) is 7.58. The van der Waals surface area contributed by atoms with Crippen LogP contribution in [0.25, 0.3) is 16.7 Å². The van der Waals surface area contributed by atoms with E-state index in [0.29, 0.717) is 34.4 Å². The van der Waals surface area contributed by atoms with Crippen LogP contribution in [0.4, 0.5) is 11.4 Å². The SMILES string of the molecule is O=c1c(CCCc2ccncc2)cc2cccnc2n1-c1ccc2c(c1)N(O)ON2. The molecule has 4 aromatic rings. The van der Waals surface area contributed by atoms with Crippen LogP contribution < -0.4 is 16.3 Å². The average molecular weight is 401 g/mol. The van der Waals surface area contributed by atoms with Crippen molar-refractivity contribution in [1.29, 1.82) is 0 Å². The number of hydrogen-bond donors (Lipinski definition) is 2. The van der Waals surface area contributed by atoms with E-state index in [1.807, 2.05) is 30.3 Å². The standard InChI is InChI=1S/C22H19N5O3/c28-22-17(4-1-3-15-8-11-23-12-9-15)13-16-5-2-10-24-21(16)26(22)18-6-7-19-20(14-18)27(29)30-25-19/h2,5-14,25,29H,1,3-4H2. The molecular weight excluding hydrogens is 382 g/mol. The highest BCUT2D eigenvalue weighted by Crippen LogP contribution is 2.33. The zero-order chi connectivity index (χ0) is 20.5. The highest BCUT2D eigenvalue weighted by molar-refractivity contribution is 5.79. The molecule has 0 spiro atoms. The van der Waals surface area contributed by atoms with Crippen molar-refractivity contribution >= 4 is 22.4 Å². The molecule has 0 saturated carbocycles. The molecule has 30 heavy (non-hydrogen) atoms. The van der Waals surface area contributed by atoms with Crippen molar-refractivity contribution in [2.75, 3.05) is 10.7 Å². The van der Waals surface area contributed by atoms with E-state index in [4.69, 9.17) is 4.94 Å². The molecule has 3 aromatic heterocycles. The fraction of sp³-hybridized carbons (Fsp3) is 0.136. The van der Waals surface area contributed by atoms with Crippen LogP contribution in [-0.2, 0) is 17.8 Å². The zero-order valence-corrected chi connectivity index (χ0v) is 16.0. The topological polar surface area (TPSA) is 92.5 Å². The van der Waals surface area contributed by atoms with Crippen LogP contribution in [0, 0.1) is 0 Å². The molecule has 0 bridgehead atoms. The van der Waals surface area contributed by atoms with Gasteiger partial charge in [0.15, 0.2) is 0 Å². The van der Waals surface area contributed by atoms with Gasteiger partial charge in [-0.3, -0.25) is 19.6 Å². The van der Waals surface area contributed by atoms with Crippen LogP contribution in [0.1, 0.15) is 17.5 Å². The number of fused-ring (bicyclic) bond motifs is 2. The summed E-state index contributed by atoms with van der Waals surface area (Å²) in [6.45, 7) is 0. The molecule has 150 valence electrons. The minimum atomic E-state index is -0.118. The molecule has 0 fully saturated rings. The van der Waals surface area contributed by atoms with Gasteiger partial charge in [-0.15, -0.1) is 10.2 Å². The van der Waals surface area contributed by atoms with Crippen LogP contribution in [-0.4, -0.2) is 19.7 Å². The van der Waals surface area contributed by atoms with Gasteiger partial charge >= 0.3 is 0 Å². The number of benzene rings is 1. The number of hydrogen-bond acceptors (Lipinski definition) is 7. The molecule has 1 aromatic carbocycles. The molecule has 4 heterocycles. The predicted molar refractivity (Wildman–Crippen MR) is 113 cm³/mol. The average Bonchev–Trinajstić information content (AvgIpc) is 3.15. The molecule has 0 unspecified atom stereocenters. The third-order valence-electron chi connectivity index (χ3n) is 5.18. The van der Waals surface area contributed by atoms with E-state index in [2.05, 4.69) is 15.4 Å². The Morgan fingerprint density at radius 2 is 1.90 bits per heavy atom. The van der Waals surface area contributed by atoms with Gasteiger partial charge in [0, 0.05) is 29.5 Å². The van der Waals surface area contributed by atoms with Gasteiger partial charge in [-0.25, -0.2) is 10.5 Å². The molecule has 8 nitrogen and oxygen atoms in total. The van der Waals surface area contributed by atoms with Crippen molar-refractivity contribution < 1.29 is 10.1 Å². The van der Waals surface area contributed by atoms with Crippen molar-refractivity contribution in [3.63, 3.8) is 0 Å². The Balaban J connectivity index is 1.55. The van der Waals surface area contributed by atoms with E-state index in [-0.39, 0.29) is 5.56 Å². The van der Waals surface area contributed by atoms with Gasteiger partial charge in [-0.05, 0) is 73.4 Å². The van der Waals surface area contributed by atoms with Crippen molar-refractivity contribution in [2.45, 2.75) is 19.3 Å². The van der Waals surface area contributed by atoms with Crippen molar-refractivity contribution in [3.8, 4) is 5.69 Å². The number of nitrogens with zero attached hydrogens (tertiary/aromatic N) is 4. The maximum atomic E-state index is 13.4. The number of nitrogens with one attached hydrogen (secondary N) is 1. The largest absolute Gasteiger partial charge is 0.269 e. The number of rotatable bonds is 5. The normalized spacial score (nSPS) is 12.8. The molecule has 0 atom stereocenters. The second-order valence-corrected chi connectivity index (χ2v) is 7.10. The first-order valence-corrected chi connectivity index (χ1v) is 9.66. The highest BCUT2D eigenvalue weighted by Gasteiger charge is 2.21. The van der Waals surface area contributed by atoms with Crippen LogP contribution in [0.15, 0.2) is 71.9 Å². The first kappa shape index (κ1) is 18.3. The van der Waals surface area contributed by atoms with Gasteiger partial charge in [-0.2, -0.15) is 0 Å². The molecule has 8 heteroatoms. The summed E-state index contributed by atoms with van der Waals surface area (Å²) in [6, 6.07) is 14.9. The molecule has 1 aliphatic heterocycles. The summed E-state index contributed by atoms with van der Waals surface area (Å²) >= 11 is 0. The van der Waals surface area contributed by atoms with Gasteiger partial charge < -0.3 is 0 Å². The lowest BCUT2D eigenvalue weighted by atomic mass is 10.0. The first-order chi connectivity index (χ1) is 14.7. The molecule has 2 N–H and O–H groups in total. The molecule has 5 rings (SSSR count). The first-order valence-electron chi connectivity index (χ1n) is 9.66. The lowest BCUT2D eigenvalue weighted by Crippen LogP contribution is -2.23. The second-order valence-electron chi connectivity index (χ2n) is 7.10. The van der Waals surface area contributed by atoms with Crippen LogP contribution in [0.5, 0.6) is 0 Å². The third kappa shape index (κ3) is 3.28. The summed E-state index contributed by atoms with van der Waals surface area (Å²) in [4.78, 5) is 26.8. The Morgan fingerprint density at radius 3 is 2.77 bits per heavy atom. The molecule has 1 aliphatic rings. The molecule has 0 radical (unpaired) electrons. The monoisotopic (exact) mass is 401 g/mol.